The van der Waals surface area contributed by atoms with Gasteiger partial charge in [0.05, 0.1) is 0 Å². The van der Waals surface area contributed by atoms with Crippen molar-refractivity contribution < 1.29 is 14.7 Å². The predicted octanol–water partition coefficient (Wildman–Crippen LogP) is 3.65. The van der Waals surface area contributed by atoms with Crippen LogP contribution in [0.4, 0.5) is 5.82 Å². The summed E-state index contributed by atoms with van der Waals surface area (Å²) in [7, 11) is 0. The minimum atomic E-state index is -1.00. The number of benzene rings is 1. The third kappa shape index (κ3) is 3.44. The average Bonchev–Trinajstić information content (AvgIpc) is 2.98. The maximum atomic E-state index is 12.2. The van der Waals surface area contributed by atoms with E-state index < -0.39 is 5.97 Å². The second kappa shape index (κ2) is 6.41. The van der Waals surface area contributed by atoms with Crippen molar-refractivity contribution in [2.45, 2.75) is 0 Å². The van der Waals surface area contributed by atoms with Crippen LogP contribution in [-0.4, -0.2) is 22.0 Å². The third-order valence-electron chi connectivity index (χ3n) is 3.12. The molecule has 2 heterocycles. The SMILES string of the molecule is O=C(O)/C=C/c1cc2c(NC(=O)c3ccccc3)nccc2s1. The topological polar surface area (TPSA) is 79.3 Å². The largest absolute Gasteiger partial charge is 0.478 e. The maximum absolute atomic E-state index is 12.2. The molecular formula is C17H12N2O3S. The molecule has 6 heteroatoms. The highest BCUT2D eigenvalue weighted by Crippen LogP contribution is 2.30. The summed E-state index contributed by atoms with van der Waals surface area (Å²) in [6.07, 6.45) is 4.22. The number of carbonyl (C=O) groups is 2. The molecule has 0 unspecified atom stereocenters. The molecule has 2 N–H and O–H groups in total. The molecule has 0 aliphatic rings. The fourth-order valence-corrected chi connectivity index (χ4v) is 3.05. The van der Waals surface area contributed by atoms with Gasteiger partial charge in [0.2, 0.25) is 0 Å². The normalized spacial score (nSPS) is 11.0. The molecule has 0 radical (unpaired) electrons. The number of anilines is 1. The Labute approximate surface area is 135 Å². The summed E-state index contributed by atoms with van der Waals surface area (Å²) in [6, 6.07) is 12.5. The number of carbonyl (C=O) groups excluding carboxylic acids is 1. The molecule has 0 saturated heterocycles. The zero-order chi connectivity index (χ0) is 16.2. The Bertz CT molecular complexity index is 901. The first-order chi connectivity index (χ1) is 11.1. The molecule has 114 valence electrons. The quantitative estimate of drug-likeness (QED) is 0.718. The Hall–Kier alpha value is -2.99. The number of rotatable bonds is 4. The van der Waals surface area contributed by atoms with Crippen molar-refractivity contribution in [2.24, 2.45) is 0 Å². The van der Waals surface area contributed by atoms with Gasteiger partial charge in [-0.3, -0.25) is 4.79 Å². The van der Waals surface area contributed by atoms with E-state index in [1.54, 1.807) is 30.5 Å². The molecule has 0 bridgehead atoms. The summed E-state index contributed by atoms with van der Waals surface area (Å²) < 4.78 is 0.924. The standard InChI is InChI=1S/C17H12N2O3S/c20-15(21)7-6-12-10-13-14(23-12)8-9-18-16(13)19-17(22)11-4-2-1-3-5-11/h1-10H,(H,20,21)(H,18,19,22)/b7-6+. The van der Waals surface area contributed by atoms with Crippen molar-refractivity contribution in [2.75, 3.05) is 5.32 Å². The highest BCUT2D eigenvalue weighted by molar-refractivity contribution is 7.19. The number of nitrogens with zero attached hydrogens (tertiary/aromatic N) is 1. The zero-order valence-corrected chi connectivity index (χ0v) is 12.7. The van der Waals surface area contributed by atoms with Gasteiger partial charge in [-0.2, -0.15) is 0 Å². The number of fused-ring (bicyclic) bond motifs is 1. The van der Waals surface area contributed by atoms with Crippen LogP contribution >= 0.6 is 11.3 Å². The van der Waals surface area contributed by atoms with E-state index in [1.807, 2.05) is 18.2 Å². The van der Waals surface area contributed by atoms with Gasteiger partial charge in [-0.15, -0.1) is 11.3 Å². The number of thiophene rings is 1. The predicted molar refractivity (Wildman–Crippen MR) is 90.7 cm³/mol. The smallest absolute Gasteiger partial charge is 0.328 e. The molecule has 1 amide bonds. The van der Waals surface area contributed by atoms with E-state index >= 15 is 0 Å². The van der Waals surface area contributed by atoms with E-state index in [1.165, 1.54) is 17.4 Å². The fraction of sp³-hybridized carbons (Fsp3) is 0. The molecule has 0 saturated carbocycles. The second-order valence-electron chi connectivity index (χ2n) is 4.71. The Kier molecular flexibility index (Phi) is 4.16. The first-order valence-electron chi connectivity index (χ1n) is 6.79. The van der Waals surface area contributed by atoms with E-state index in [0.29, 0.717) is 11.4 Å². The van der Waals surface area contributed by atoms with Crippen LogP contribution in [-0.2, 0) is 4.79 Å². The van der Waals surface area contributed by atoms with Crippen LogP contribution < -0.4 is 5.32 Å². The Balaban J connectivity index is 1.92. The lowest BCUT2D eigenvalue weighted by atomic mass is 10.2. The molecule has 0 aliphatic heterocycles. The van der Waals surface area contributed by atoms with Gasteiger partial charge < -0.3 is 10.4 Å². The Morgan fingerprint density at radius 3 is 2.70 bits per heavy atom. The van der Waals surface area contributed by atoms with Gasteiger partial charge in [-0.1, -0.05) is 18.2 Å². The lowest BCUT2D eigenvalue weighted by molar-refractivity contribution is -0.131. The Morgan fingerprint density at radius 1 is 1.17 bits per heavy atom. The van der Waals surface area contributed by atoms with Crippen molar-refractivity contribution in [3.63, 3.8) is 0 Å². The van der Waals surface area contributed by atoms with E-state index in [0.717, 1.165) is 21.0 Å². The number of pyridine rings is 1. The zero-order valence-electron chi connectivity index (χ0n) is 11.9. The average molecular weight is 324 g/mol. The monoisotopic (exact) mass is 324 g/mol. The van der Waals surface area contributed by atoms with Crippen LogP contribution in [0.5, 0.6) is 0 Å². The van der Waals surface area contributed by atoms with Crippen molar-refractivity contribution >= 4 is 45.2 Å². The molecule has 2 aromatic heterocycles. The van der Waals surface area contributed by atoms with Gasteiger partial charge in [-0.25, -0.2) is 9.78 Å². The minimum absolute atomic E-state index is 0.237. The molecule has 1 aromatic carbocycles. The van der Waals surface area contributed by atoms with Gasteiger partial charge in [0, 0.05) is 32.8 Å². The first-order valence-corrected chi connectivity index (χ1v) is 7.61. The number of hydrogen-bond donors (Lipinski definition) is 2. The summed E-state index contributed by atoms with van der Waals surface area (Å²) >= 11 is 1.43. The van der Waals surface area contributed by atoms with Crippen molar-refractivity contribution in [3.05, 3.63) is 65.2 Å². The summed E-state index contributed by atoms with van der Waals surface area (Å²) in [5.41, 5.74) is 0.549. The van der Waals surface area contributed by atoms with Gasteiger partial charge in [0.15, 0.2) is 0 Å². The summed E-state index contributed by atoms with van der Waals surface area (Å²) in [6.45, 7) is 0. The summed E-state index contributed by atoms with van der Waals surface area (Å²) in [5.74, 6) is -0.778. The fourth-order valence-electron chi connectivity index (χ4n) is 2.09. The number of carboxylic acids is 1. The van der Waals surface area contributed by atoms with E-state index in [-0.39, 0.29) is 5.91 Å². The first kappa shape index (κ1) is 14.9. The van der Waals surface area contributed by atoms with E-state index in [4.69, 9.17) is 5.11 Å². The minimum Gasteiger partial charge on any atom is -0.478 e. The van der Waals surface area contributed by atoms with Crippen LogP contribution in [0, 0.1) is 0 Å². The third-order valence-corrected chi connectivity index (χ3v) is 4.19. The van der Waals surface area contributed by atoms with Crippen molar-refractivity contribution in [1.82, 2.24) is 4.98 Å². The molecule has 3 rings (SSSR count). The lowest BCUT2D eigenvalue weighted by Gasteiger charge is -2.05. The van der Waals surface area contributed by atoms with Gasteiger partial charge in [0.25, 0.3) is 5.91 Å². The molecular weight excluding hydrogens is 312 g/mol. The molecule has 0 fully saturated rings. The highest BCUT2D eigenvalue weighted by Gasteiger charge is 2.11. The molecule has 23 heavy (non-hydrogen) atoms. The number of nitrogens with one attached hydrogen (secondary N) is 1. The molecule has 0 atom stereocenters. The maximum Gasteiger partial charge on any atom is 0.328 e. The van der Waals surface area contributed by atoms with Gasteiger partial charge in [-0.05, 0) is 30.3 Å². The van der Waals surface area contributed by atoms with E-state index in [9.17, 15) is 9.59 Å². The summed E-state index contributed by atoms with van der Waals surface area (Å²) in [5, 5.41) is 12.3. The number of hydrogen-bond acceptors (Lipinski definition) is 4. The Morgan fingerprint density at radius 2 is 1.96 bits per heavy atom. The molecule has 5 nitrogen and oxygen atoms in total. The van der Waals surface area contributed by atoms with Crippen molar-refractivity contribution in [3.8, 4) is 0 Å². The van der Waals surface area contributed by atoms with Crippen molar-refractivity contribution in [1.29, 1.82) is 0 Å². The molecule has 0 aliphatic carbocycles. The number of carboxylic acid groups (broad SMARTS) is 1. The van der Waals surface area contributed by atoms with Crippen LogP contribution in [0.3, 0.4) is 0 Å². The van der Waals surface area contributed by atoms with Crippen LogP contribution in [0.25, 0.3) is 16.2 Å². The van der Waals surface area contributed by atoms with Gasteiger partial charge >= 0.3 is 5.97 Å². The molecule has 0 spiro atoms. The van der Waals surface area contributed by atoms with Crippen LogP contribution in [0.2, 0.25) is 0 Å². The second-order valence-corrected chi connectivity index (χ2v) is 5.83. The molecule has 3 aromatic rings. The van der Waals surface area contributed by atoms with Crippen LogP contribution in [0.15, 0.2) is 54.7 Å². The van der Waals surface area contributed by atoms with E-state index in [2.05, 4.69) is 10.3 Å². The number of aliphatic carboxylic acids is 1. The highest BCUT2D eigenvalue weighted by atomic mass is 32.1. The number of aromatic nitrogens is 1. The number of amides is 1. The van der Waals surface area contributed by atoms with Crippen LogP contribution in [0.1, 0.15) is 15.2 Å². The van der Waals surface area contributed by atoms with Gasteiger partial charge in [0.1, 0.15) is 5.82 Å². The lowest BCUT2D eigenvalue weighted by Crippen LogP contribution is -2.12. The summed E-state index contributed by atoms with van der Waals surface area (Å²) in [4.78, 5) is 27.8.